The molecule has 0 radical (unpaired) electrons. The lowest BCUT2D eigenvalue weighted by Crippen LogP contribution is -2.03. The van der Waals surface area contributed by atoms with E-state index in [-0.39, 0.29) is 0 Å². The molecule has 0 bridgehead atoms. The summed E-state index contributed by atoms with van der Waals surface area (Å²) < 4.78 is 1.82. The van der Waals surface area contributed by atoms with Crippen molar-refractivity contribution in [1.82, 2.24) is 14.8 Å². The molecule has 0 fully saturated rings. The van der Waals surface area contributed by atoms with Gasteiger partial charge in [-0.1, -0.05) is 19.1 Å². The van der Waals surface area contributed by atoms with Gasteiger partial charge in [-0.15, -0.1) is 0 Å². The molecule has 5 nitrogen and oxygen atoms in total. The average molecular weight is 303 g/mol. The van der Waals surface area contributed by atoms with Crippen LogP contribution in [0.25, 0.3) is 17.1 Å². The fourth-order valence-corrected chi connectivity index (χ4v) is 2.44. The van der Waals surface area contributed by atoms with Gasteiger partial charge in [-0.3, -0.25) is 0 Å². The van der Waals surface area contributed by atoms with E-state index in [1.165, 1.54) is 0 Å². The van der Waals surface area contributed by atoms with E-state index in [0.717, 1.165) is 34.9 Å². The third-order valence-corrected chi connectivity index (χ3v) is 3.68. The number of hydrogen-bond donors (Lipinski definition) is 1. The summed E-state index contributed by atoms with van der Waals surface area (Å²) in [6.07, 6.45) is 0.825. The van der Waals surface area contributed by atoms with Crippen molar-refractivity contribution in [1.29, 1.82) is 5.26 Å². The highest BCUT2D eigenvalue weighted by Gasteiger charge is 2.13. The van der Waals surface area contributed by atoms with Crippen molar-refractivity contribution in [3.63, 3.8) is 0 Å². The third-order valence-electron chi connectivity index (χ3n) is 3.68. The Balaban J connectivity index is 2.20. The topological polar surface area (TPSA) is 80.5 Å². The number of pyridine rings is 1. The molecule has 0 spiro atoms. The maximum Gasteiger partial charge on any atom is 0.154 e. The van der Waals surface area contributed by atoms with Crippen LogP contribution in [0.15, 0.2) is 42.5 Å². The van der Waals surface area contributed by atoms with E-state index >= 15 is 0 Å². The van der Waals surface area contributed by atoms with Gasteiger partial charge in [0.05, 0.1) is 17.0 Å². The van der Waals surface area contributed by atoms with Crippen molar-refractivity contribution in [2.75, 3.05) is 5.73 Å². The van der Waals surface area contributed by atoms with Crippen LogP contribution < -0.4 is 5.73 Å². The molecule has 2 N–H and O–H groups in total. The zero-order chi connectivity index (χ0) is 16.4. The molecular weight excluding hydrogens is 286 g/mol. The number of benzene rings is 1. The number of aryl methyl sites for hydroxylation is 2. The second kappa shape index (κ2) is 5.93. The summed E-state index contributed by atoms with van der Waals surface area (Å²) in [6, 6.07) is 15.4. The number of nitrogens with two attached hydrogens (primary N) is 1. The molecule has 0 saturated heterocycles. The van der Waals surface area contributed by atoms with Crippen molar-refractivity contribution in [3.8, 4) is 23.1 Å². The summed E-state index contributed by atoms with van der Waals surface area (Å²) in [4.78, 5) is 4.55. The SMILES string of the molecule is CCc1cc(-c2ccc(N)c(C#N)c2)n(-c2cccc(C)n2)n1. The fraction of sp³-hybridized carbons (Fsp3) is 0.167. The van der Waals surface area contributed by atoms with Crippen LogP contribution in [0.3, 0.4) is 0 Å². The maximum absolute atomic E-state index is 9.20. The van der Waals surface area contributed by atoms with Gasteiger partial charge in [0.15, 0.2) is 5.82 Å². The molecule has 2 heterocycles. The average Bonchev–Trinajstić information content (AvgIpc) is 3.00. The summed E-state index contributed by atoms with van der Waals surface area (Å²) in [5.74, 6) is 0.759. The Kier molecular flexibility index (Phi) is 3.82. The van der Waals surface area contributed by atoms with Gasteiger partial charge in [0, 0.05) is 16.9 Å². The molecule has 0 aliphatic rings. The predicted molar refractivity (Wildman–Crippen MR) is 90.0 cm³/mol. The van der Waals surface area contributed by atoms with Crippen LogP contribution in [0.1, 0.15) is 23.9 Å². The molecular formula is C18H17N5. The van der Waals surface area contributed by atoms with E-state index < -0.39 is 0 Å². The largest absolute Gasteiger partial charge is 0.398 e. The summed E-state index contributed by atoms with van der Waals surface area (Å²) in [6.45, 7) is 4.01. The third kappa shape index (κ3) is 2.79. The highest BCUT2D eigenvalue weighted by molar-refractivity contribution is 5.69. The number of nitrogens with zero attached hydrogens (tertiary/aromatic N) is 4. The van der Waals surface area contributed by atoms with Gasteiger partial charge < -0.3 is 5.73 Å². The molecule has 0 saturated carbocycles. The normalized spacial score (nSPS) is 10.5. The first-order chi connectivity index (χ1) is 11.1. The van der Waals surface area contributed by atoms with Crippen molar-refractivity contribution in [3.05, 3.63) is 59.4 Å². The number of aromatic nitrogens is 3. The second-order valence-electron chi connectivity index (χ2n) is 5.34. The Labute approximate surface area is 135 Å². The van der Waals surface area contributed by atoms with Crippen molar-refractivity contribution < 1.29 is 0 Å². The Hall–Kier alpha value is -3.13. The van der Waals surface area contributed by atoms with Crippen LogP contribution in [0.2, 0.25) is 0 Å². The van der Waals surface area contributed by atoms with E-state index in [4.69, 9.17) is 5.73 Å². The number of rotatable bonds is 3. The Morgan fingerprint density at radius 3 is 2.74 bits per heavy atom. The smallest absolute Gasteiger partial charge is 0.154 e. The first-order valence-electron chi connectivity index (χ1n) is 7.45. The van der Waals surface area contributed by atoms with Gasteiger partial charge >= 0.3 is 0 Å². The monoisotopic (exact) mass is 303 g/mol. The summed E-state index contributed by atoms with van der Waals surface area (Å²) in [5, 5.41) is 13.8. The van der Waals surface area contributed by atoms with Crippen molar-refractivity contribution in [2.45, 2.75) is 20.3 Å². The zero-order valence-corrected chi connectivity index (χ0v) is 13.1. The number of nitrogen functional groups attached to an aromatic ring is 1. The van der Waals surface area contributed by atoms with Crippen molar-refractivity contribution in [2.24, 2.45) is 0 Å². The predicted octanol–water partition coefficient (Wildman–Crippen LogP) is 3.26. The van der Waals surface area contributed by atoms with E-state index in [1.54, 1.807) is 12.1 Å². The zero-order valence-electron chi connectivity index (χ0n) is 13.1. The van der Waals surface area contributed by atoms with Gasteiger partial charge in [-0.2, -0.15) is 10.4 Å². The molecule has 0 amide bonds. The first-order valence-corrected chi connectivity index (χ1v) is 7.45. The minimum atomic E-state index is 0.463. The highest BCUT2D eigenvalue weighted by Crippen LogP contribution is 2.26. The molecule has 23 heavy (non-hydrogen) atoms. The quantitative estimate of drug-likeness (QED) is 0.753. The number of hydrogen-bond acceptors (Lipinski definition) is 4. The van der Waals surface area contributed by atoms with E-state index in [2.05, 4.69) is 23.1 Å². The molecule has 1 aromatic carbocycles. The molecule has 3 aromatic rings. The molecule has 0 unspecified atom stereocenters. The second-order valence-corrected chi connectivity index (χ2v) is 5.34. The lowest BCUT2D eigenvalue weighted by Gasteiger charge is -2.08. The molecule has 0 aliphatic heterocycles. The molecule has 114 valence electrons. The molecule has 3 rings (SSSR count). The maximum atomic E-state index is 9.20. The molecule has 2 aromatic heterocycles. The Morgan fingerprint density at radius 2 is 2.04 bits per heavy atom. The summed E-state index contributed by atoms with van der Waals surface area (Å²) in [7, 11) is 0. The van der Waals surface area contributed by atoms with Crippen LogP contribution in [0.5, 0.6) is 0 Å². The van der Waals surface area contributed by atoms with Gasteiger partial charge in [-0.25, -0.2) is 9.67 Å². The summed E-state index contributed by atoms with van der Waals surface area (Å²) >= 11 is 0. The van der Waals surface area contributed by atoms with Crippen LogP contribution in [-0.2, 0) is 6.42 Å². The first kappa shape index (κ1) is 14.8. The van der Waals surface area contributed by atoms with Gasteiger partial charge in [0.25, 0.3) is 0 Å². The minimum absolute atomic E-state index is 0.463. The molecule has 0 aliphatic carbocycles. The Morgan fingerprint density at radius 1 is 1.22 bits per heavy atom. The molecule has 0 atom stereocenters. The number of nitriles is 1. The fourth-order valence-electron chi connectivity index (χ4n) is 2.44. The van der Waals surface area contributed by atoms with E-state index in [9.17, 15) is 5.26 Å². The van der Waals surface area contributed by atoms with Crippen LogP contribution in [0.4, 0.5) is 5.69 Å². The van der Waals surface area contributed by atoms with Crippen LogP contribution in [-0.4, -0.2) is 14.8 Å². The number of anilines is 1. The lowest BCUT2D eigenvalue weighted by atomic mass is 10.1. The van der Waals surface area contributed by atoms with E-state index in [1.807, 2.05) is 41.9 Å². The van der Waals surface area contributed by atoms with Crippen molar-refractivity contribution >= 4 is 5.69 Å². The Bertz CT molecular complexity index is 902. The lowest BCUT2D eigenvalue weighted by molar-refractivity contribution is 0.817. The highest BCUT2D eigenvalue weighted by atomic mass is 15.3. The van der Waals surface area contributed by atoms with E-state index in [0.29, 0.717) is 11.3 Å². The minimum Gasteiger partial charge on any atom is -0.398 e. The van der Waals surface area contributed by atoms with Crippen LogP contribution in [0, 0.1) is 18.3 Å². The summed E-state index contributed by atoms with van der Waals surface area (Å²) in [5.41, 5.74) is 10.5. The standard InChI is InChI=1S/C18H17N5/c1-3-15-10-17(13-7-8-16(20)14(9-13)11-19)23(22-15)18-6-4-5-12(2)21-18/h4-10H,3,20H2,1-2H3. The van der Waals surface area contributed by atoms with Gasteiger partial charge in [0.2, 0.25) is 0 Å². The van der Waals surface area contributed by atoms with Gasteiger partial charge in [-0.05, 0) is 43.7 Å². The van der Waals surface area contributed by atoms with Crippen LogP contribution >= 0.6 is 0 Å². The van der Waals surface area contributed by atoms with Gasteiger partial charge in [0.1, 0.15) is 6.07 Å². The molecule has 5 heteroatoms.